The van der Waals surface area contributed by atoms with E-state index in [4.69, 9.17) is 5.11 Å². The highest BCUT2D eigenvalue weighted by Gasteiger charge is 2.09. The minimum atomic E-state index is -1.22. The zero-order valence-electron chi connectivity index (χ0n) is 7.79. The molecule has 0 aliphatic rings. The van der Waals surface area contributed by atoms with Crippen LogP contribution < -0.4 is 0 Å². The summed E-state index contributed by atoms with van der Waals surface area (Å²) in [5, 5.41) is 8.59. The van der Waals surface area contributed by atoms with Gasteiger partial charge in [0.25, 0.3) is 0 Å². The van der Waals surface area contributed by atoms with Gasteiger partial charge in [0.2, 0.25) is 0 Å². The summed E-state index contributed by atoms with van der Waals surface area (Å²) in [6.45, 7) is 2.02. The summed E-state index contributed by atoms with van der Waals surface area (Å²) in [7, 11) is 0. The van der Waals surface area contributed by atoms with E-state index in [9.17, 15) is 9.18 Å². The standard InChI is InChI=1S/C10H11FO2S/c1-2-14-6-7-3-4-8(10(12)13)9(11)5-7/h3-5H,2,6H2,1H3,(H,12,13). The van der Waals surface area contributed by atoms with E-state index in [0.29, 0.717) is 5.75 Å². The monoisotopic (exact) mass is 214 g/mol. The average Bonchev–Trinajstić information content (AvgIpc) is 2.14. The third-order valence-electron chi connectivity index (χ3n) is 1.74. The molecule has 76 valence electrons. The molecule has 4 heteroatoms. The second-order valence-electron chi connectivity index (χ2n) is 2.76. The fraction of sp³-hybridized carbons (Fsp3) is 0.300. The van der Waals surface area contributed by atoms with Gasteiger partial charge in [0.05, 0.1) is 5.56 Å². The minimum Gasteiger partial charge on any atom is -0.478 e. The van der Waals surface area contributed by atoms with Gasteiger partial charge >= 0.3 is 5.97 Å². The smallest absolute Gasteiger partial charge is 0.338 e. The molecule has 0 amide bonds. The summed E-state index contributed by atoms with van der Waals surface area (Å²) in [5.74, 6) is -0.209. The Balaban J connectivity index is 2.83. The van der Waals surface area contributed by atoms with Crippen LogP contribution in [-0.2, 0) is 5.75 Å². The van der Waals surface area contributed by atoms with Crippen LogP contribution in [0.4, 0.5) is 4.39 Å². The average molecular weight is 214 g/mol. The lowest BCUT2D eigenvalue weighted by Crippen LogP contribution is -2.00. The van der Waals surface area contributed by atoms with Crippen LogP contribution in [0.3, 0.4) is 0 Å². The first kappa shape index (κ1) is 11.0. The molecule has 1 aromatic rings. The predicted molar refractivity (Wildman–Crippen MR) is 55.2 cm³/mol. The molecule has 0 aliphatic carbocycles. The van der Waals surface area contributed by atoms with Crippen molar-refractivity contribution in [1.82, 2.24) is 0 Å². The number of benzene rings is 1. The zero-order valence-corrected chi connectivity index (χ0v) is 8.60. The molecule has 0 heterocycles. The zero-order chi connectivity index (χ0) is 10.6. The number of carboxylic acids is 1. The number of carboxylic acid groups (broad SMARTS) is 1. The lowest BCUT2D eigenvalue weighted by molar-refractivity contribution is 0.0692. The molecular weight excluding hydrogens is 203 g/mol. The van der Waals surface area contributed by atoms with Gasteiger partial charge in [-0.2, -0.15) is 11.8 Å². The van der Waals surface area contributed by atoms with Crippen LogP contribution in [0.25, 0.3) is 0 Å². The van der Waals surface area contributed by atoms with Crippen molar-refractivity contribution < 1.29 is 14.3 Å². The van der Waals surface area contributed by atoms with Crippen molar-refractivity contribution in [2.24, 2.45) is 0 Å². The van der Waals surface area contributed by atoms with Crippen LogP contribution in [-0.4, -0.2) is 16.8 Å². The molecule has 0 spiro atoms. The third-order valence-corrected chi connectivity index (χ3v) is 2.68. The van der Waals surface area contributed by atoms with Crippen molar-refractivity contribution in [1.29, 1.82) is 0 Å². The molecule has 0 unspecified atom stereocenters. The van der Waals surface area contributed by atoms with Crippen molar-refractivity contribution in [3.8, 4) is 0 Å². The summed E-state index contributed by atoms with van der Waals surface area (Å²) in [5.41, 5.74) is 0.551. The quantitative estimate of drug-likeness (QED) is 0.837. The number of thioether (sulfide) groups is 1. The highest BCUT2D eigenvalue weighted by Crippen LogP contribution is 2.15. The first-order chi connectivity index (χ1) is 6.65. The van der Waals surface area contributed by atoms with Gasteiger partial charge in [-0.1, -0.05) is 13.0 Å². The normalized spacial score (nSPS) is 10.1. The Hall–Kier alpha value is -1.03. The number of hydrogen-bond donors (Lipinski definition) is 1. The molecule has 0 bridgehead atoms. The minimum absolute atomic E-state index is 0.268. The van der Waals surface area contributed by atoms with E-state index in [1.54, 1.807) is 17.8 Å². The predicted octanol–water partition coefficient (Wildman–Crippen LogP) is 2.78. The molecule has 0 aromatic heterocycles. The second-order valence-corrected chi connectivity index (χ2v) is 4.03. The van der Waals surface area contributed by atoms with Gasteiger partial charge in [-0.3, -0.25) is 0 Å². The number of halogens is 1. The van der Waals surface area contributed by atoms with E-state index >= 15 is 0 Å². The molecule has 2 nitrogen and oxygen atoms in total. The van der Waals surface area contributed by atoms with Gasteiger partial charge in [0.15, 0.2) is 0 Å². The number of aromatic carboxylic acids is 1. The van der Waals surface area contributed by atoms with Crippen molar-refractivity contribution in [2.75, 3.05) is 5.75 Å². The molecule has 1 rings (SSSR count). The molecule has 0 aliphatic heterocycles. The summed E-state index contributed by atoms with van der Waals surface area (Å²) < 4.78 is 13.1. The molecule has 1 aromatic carbocycles. The molecule has 14 heavy (non-hydrogen) atoms. The van der Waals surface area contributed by atoms with Gasteiger partial charge in [0.1, 0.15) is 5.82 Å². The van der Waals surface area contributed by atoms with Gasteiger partial charge in [-0.15, -0.1) is 0 Å². The molecule has 0 saturated carbocycles. The van der Waals surface area contributed by atoms with Crippen LogP contribution in [0.5, 0.6) is 0 Å². The van der Waals surface area contributed by atoms with E-state index < -0.39 is 11.8 Å². The molecule has 0 saturated heterocycles. The maximum atomic E-state index is 13.1. The Kier molecular flexibility index (Phi) is 3.95. The van der Waals surface area contributed by atoms with Crippen molar-refractivity contribution >= 4 is 17.7 Å². The Morgan fingerprint density at radius 3 is 2.79 bits per heavy atom. The van der Waals surface area contributed by atoms with Crippen LogP contribution in [0.1, 0.15) is 22.8 Å². The fourth-order valence-corrected chi connectivity index (χ4v) is 1.66. The SMILES string of the molecule is CCSCc1ccc(C(=O)O)c(F)c1. The Labute approximate surface area is 86.1 Å². The van der Waals surface area contributed by atoms with E-state index in [1.807, 2.05) is 6.92 Å². The van der Waals surface area contributed by atoms with Gasteiger partial charge in [0, 0.05) is 5.75 Å². The lowest BCUT2D eigenvalue weighted by atomic mass is 10.1. The molecule has 0 atom stereocenters. The topological polar surface area (TPSA) is 37.3 Å². The first-order valence-electron chi connectivity index (χ1n) is 4.24. The molecule has 0 fully saturated rings. The Bertz CT molecular complexity index is 339. The summed E-state index contributed by atoms with van der Waals surface area (Å²) in [4.78, 5) is 10.5. The third kappa shape index (κ3) is 2.73. The van der Waals surface area contributed by atoms with Crippen LogP contribution in [0.15, 0.2) is 18.2 Å². The van der Waals surface area contributed by atoms with Crippen LogP contribution >= 0.6 is 11.8 Å². The largest absolute Gasteiger partial charge is 0.478 e. The maximum absolute atomic E-state index is 13.1. The molecule has 0 radical (unpaired) electrons. The summed E-state index contributed by atoms with van der Waals surface area (Å²) >= 11 is 1.67. The highest BCUT2D eigenvalue weighted by atomic mass is 32.2. The second kappa shape index (κ2) is 5.00. The first-order valence-corrected chi connectivity index (χ1v) is 5.40. The Morgan fingerprint density at radius 1 is 1.57 bits per heavy atom. The highest BCUT2D eigenvalue weighted by molar-refractivity contribution is 7.98. The number of hydrogen-bond acceptors (Lipinski definition) is 2. The van der Waals surface area contributed by atoms with Crippen LogP contribution in [0, 0.1) is 5.82 Å². The maximum Gasteiger partial charge on any atom is 0.338 e. The van der Waals surface area contributed by atoms with Crippen molar-refractivity contribution in [2.45, 2.75) is 12.7 Å². The van der Waals surface area contributed by atoms with Gasteiger partial charge in [-0.25, -0.2) is 9.18 Å². The van der Waals surface area contributed by atoms with Gasteiger partial charge < -0.3 is 5.11 Å². The fourth-order valence-electron chi connectivity index (χ4n) is 1.04. The van der Waals surface area contributed by atoms with E-state index in [-0.39, 0.29) is 5.56 Å². The summed E-state index contributed by atoms with van der Waals surface area (Å²) in [6.07, 6.45) is 0. The van der Waals surface area contributed by atoms with E-state index in [1.165, 1.54) is 12.1 Å². The van der Waals surface area contributed by atoms with E-state index in [0.717, 1.165) is 11.3 Å². The van der Waals surface area contributed by atoms with Crippen molar-refractivity contribution in [3.63, 3.8) is 0 Å². The number of carbonyl (C=O) groups is 1. The lowest BCUT2D eigenvalue weighted by Gasteiger charge is -2.02. The molecule has 1 N–H and O–H groups in total. The summed E-state index contributed by atoms with van der Waals surface area (Å²) in [6, 6.07) is 4.24. The molecular formula is C10H11FO2S. The van der Waals surface area contributed by atoms with Crippen molar-refractivity contribution in [3.05, 3.63) is 35.1 Å². The van der Waals surface area contributed by atoms with Gasteiger partial charge in [-0.05, 0) is 23.4 Å². The Morgan fingerprint density at radius 2 is 2.29 bits per heavy atom. The number of rotatable bonds is 4. The van der Waals surface area contributed by atoms with E-state index in [2.05, 4.69) is 0 Å². The van der Waals surface area contributed by atoms with Crippen LogP contribution in [0.2, 0.25) is 0 Å².